The molecule has 4 N–H and O–H groups in total. The number of hydrogen-bond acceptors (Lipinski definition) is 5. The highest BCUT2D eigenvalue weighted by Gasteiger charge is 2.17. The summed E-state index contributed by atoms with van der Waals surface area (Å²) >= 11 is 0. The van der Waals surface area contributed by atoms with E-state index in [0.717, 1.165) is 6.26 Å². The Morgan fingerprint density at radius 1 is 1.37 bits per heavy atom. The molecule has 1 aromatic rings. The van der Waals surface area contributed by atoms with Crippen LogP contribution in [0.5, 0.6) is 0 Å². The highest BCUT2D eigenvalue weighted by Crippen LogP contribution is 2.22. The standard InChI is InChI=1S/C11H17N3O4S/c1-18-10(7-12)11(15)13-8-5-3-4-6-9(8)14-19(2,16)17/h3-6,10,14H,7,12H2,1-2H3,(H,13,15). The number of ether oxygens (including phenoxy) is 1. The number of hydrogen-bond donors (Lipinski definition) is 3. The molecule has 1 rings (SSSR count). The van der Waals surface area contributed by atoms with Crippen LogP contribution in [0, 0.1) is 0 Å². The van der Waals surface area contributed by atoms with Gasteiger partial charge in [-0.1, -0.05) is 12.1 Å². The average Bonchev–Trinajstić information content (AvgIpc) is 2.31. The second kappa shape index (κ2) is 6.50. The van der Waals surface area contributed by atoms with Crippen molar-refractivity contribution < 1.29 is 17.9 Å². The molecular weight excluding hydrogens is 270 g/mol. The molecule has 0 spiro atoms. The van der Waals surface area contributed by atoms with Crippen molar-refractivity contribution in [1.82, 2.24) is 0 Å². The van der Waals surface area contributed by atoms with E-state index in [0.29, 0.717) is 5.69 Å². The van der Waals surface area contributed by atoms with Crippen LogP contribution in [0.2, 0.25) is 0 Å². The number of benzene rings is 1. The SMILES string of the molecule is COC(CN)C(=O)Nc1ccccc1NS(C)(=O)=O. The van der Waals surface area contributed by atoms with Gasteiger partial charge >= 0.3 is 0 Å². The fraction of sp³-hybridized carbons (Fsp3) is 0.364. The first-order valence-electron chi connectivity index (χ1n) is 5.48. The molecule has 0 aliphatic rings. The van der Waals surface area contributed by atoms with Gasteiger partial charge in [-0.2, -0.15) is 0 Å². The van der Waals surface area contributed by atoms with Crippen molar-refractivity contribution in [1.29, 1.82) is 0 Å². The summed E-state index contributed by atoms with van der Waals surface area (Å²) in [6.07, 6.45) is 0.245. The van der Waals surface area contributed by atoms with Gasteiger partial charge < -0.3 is 15.8 Å². The van der Waals surface area contributed by atoms with Gasteiger partial charge in [0, 0.05) is 13.7 Å². The Morgan fingerprint density at radius 2 is 1.95 bits per heavy atom. The first-order valence-corrected chi connectivity index (χ1v) is 7.37. The van der Waals surface area contributed by atoms with Crippen molar-refractivity contribution in [3.05, 3.63) is 24.3 Å². The van der Waals surface area contributed by atoms with Crippen molar-refractivity contribution >= 4 is 27.3 Å². The van der Waals surface area contributed by atoms with Crippen molar-refractivity contribution in [3.63, 3.8) is 0 Å². The third-order valence-electron chi connectivity index (χ3n) is 2.27. The van der Waals surface area contributed by atoms with Gasteiger partial charge in [-0.25, -0.2) is 8.42 Å². The monoisotopic (exact) mass is 287 g/mol. The number of amides is 1. The molecule has 0 bridgehead atoms. The Labute approximate surface area is 112 Å². The molecule has 8 heteroatoms. The summed E-state index contributed by atoms with van der Waals surface area (Å²) in [5, 5.41) is 2.56. The molecule has 0 aromatic heterocycles. The molecule has 1 aromatic carbocycles. The summed E-state index contributed by atoms with van der Waals surface area (Å²) < 4.78 is 29.6. The van der Waals surface area contributed by atoms with E-state index in [1.54, 1.807) is 24.3 Å². The van der Waals surface area contributed by atoms with Gasteiger partial charge in [0.25, 0.3) is 5.91 Å². The molecule has 1 unspecified atom stereocenters. The summed E-state index contributed by atoms with van der Waals surface area (Å²) in [5.74, 6) is -0.437. The molecule has 0 fully saturated rings. The van der Waals surface area contributed by atoms with E-state index in [1.165, 1.54) is 7.11 Å². The summed E-state index contributed by atoms with van der Waals surface area (Å²) in [4.78, 5) is 11.8. The third kappa shape index (κ3) is 4.86. The van der Waals surface area contributed by atoms with E-state index >= 15 is 0 Å². The largest absolute Gasteiger partial charge is 0.370 e. The van der Waals surface area contributed by atoms with Crippen LogP contribution in [0.1, 0.15) is 0 Å². The van der Waals surface area contributed by atoms with Crippen molar-refractivity contribution in [3.8, 4) is 0 Å². The number of carbonyl (C=O) groups excluding carboxylic acids is 1. The lowest BCUT2D eigenvalue weighted by Gasteiger charge is -2.15. The van der Waals surface area contributed by atoms with E-state index in [4.69, 9.17) is 10.5 Å². The van der Waals surface area contributed by atoms with Crippen molar-refractivity contribution in [2.45, 2.75) is 6.10 Å². The van der Waals surface area contributed by atoms with E-state index in [2.05, 4.69) is 10.0 Å². The van der Waals surface area contributed by atoms with Crippen LogP contribution in [-0.2, 0) is 19.6 Å². The normalized spacial score (nSPS) is 12.8. The minimum absolute atomic E-state index is 0.0318. The van der Waals surface area contributed by atoms with Gasteiger partial charge in [-0.3, -0.25) is 9.52 Å². The van der Waals surface area contributed by atoms with Gasteiger partial charge in [0.1, 0.15) is 6.10 Å². The Kier molecular flexibility index (Phi) is 5.28. The molecule has 1 amide bonds. The van der Waals surface area contributed by atoms with E-state index in [9.17, 15) is 13.2 Å². The zero-order valence-corrected chi connectivity index (χ0v) is 11.5. The minimum Gasteiger partial charge on any atom is -0.370 e. The second-order valence-corrected chi connectivity index (χ2v) is 5.62. The van der Waals surface area contributed by atoms with Crippen LogP contribution in [0.4, 0.5) is 11.4 Å². The maximum absolute atomic E-state index is 11.8. The highest BCUT2D eigenvalue weighted by atomic mass is 32.2. The number of carbonyl (C=O) groups is 1. The lowest BCUT2D eigenvalue weighted by atomic mass is 10.2. The fourth-order valence-electron chi connectivity index (χ4n) is 1.40. The first kappa shape index (κ1) is 15.4. The van der Waals surface area contributed by atoms with Crippen LogP contribution >= 0.6 is 0 Å². The quantitative estimate of drug-likeness (QED) is 0.680. The zero-order valence-electron chi connectivity index (χ0n) is 10.7. The Hall–Kier alpha value is -1.64. The smallest absolute Gasteiger partial charge is 0.254 e. The maximum atomic E-state index is 11.8. The molecule has 0 aliphatic carbocycles. The fourth-order valence-corrected chi connectivity index (χ4v) is 1.98. The first-order chi connectivity index (χ1) is 8.87. The number of methoxy groups -OCH3 is 1. The lowest BCUT2D eigenvalue weighted by molar-refractivity contribution is -0.125. The number of nitrogens with two attached hydrogens (primary N) is 1. The van der Waals surface area contributed by atoms with E-state index < -0.39 is 22.0 Å². The molecule has 0 radical (unpaired) electrons. The zero-order chi connectivity index (χ0) is 14.5. The molecule has 7 nitrogen and oxygen atoms in total. The van der Waals surface area contributed by atoms with Crippen LogP contribution < -0.4 is 15.8 Å². The third-order valence-corrected chi connectivity index (χ3v) is 2.86. The van der Waals surface area contributed by atoms with Crippen molar-refractivity contribution in [2.75, 3.05) is 29.9 Å². The van der Waals surface area contributed by atoms with Gasteiger partial charge in [0.2, 0.25) is 10.0 Å². The summed E-state index contributed by atoms with van der Waals surface area (Å²) in [5.41, 5.74) is 6.00. The number of nitrogens with one attached hydrogen (secondary N) is 2. The van der Waals surface area contributed by atoms with Crippen LogP contribution in [0.25, 0.3) is 0 Å². The van der Waals surface area contributed by atoms with Gasteiger partial charge in [-0.15, -0.1) is 0 Å². The van der Waals surface area contributed by atoms with Gasteiger partial charge in [0.05, 0.1) is 17.6 Å². The Bertz CT molecular complexity index is 541. The lowest BCUT2D eigenvalue weighted by Crippen LogP contribution is -2.36. The Morgan fingerprint density at radius 3 is 2.42 bits per heavy atom. The number of sulfonamides is 1. The summed E-state index contributed by atoms with van der Waals surface area (Å²) in [6, 6.07) is 6.45. The number of para-hydroxylation sites is 2. The average molecular weight is 287 g/mol. The van der Waals surface area contributed by atoms with E-state index in [-0.39, 0.29) is 12.2 Å². The molecule has 0 heterocycles. The molecule has 106 valence electrons. The minimum atomic E-state index is -3.42. The van der Waals surface area contributed by atoms with E-state index in [1.807, 2.05) is 0 Å². The Balaban J connectivity index is 2.92. The summed E-state index contributed by atoms with van der Waals surface area (Å²) in [7, 11) is -2.05. The second-order valence-electron chi connectivity index (χ2n) is 3.87. The predicted molar refractivity (Wildman–Crippen MR) is 73.4 cm³/mol. The van der Waals surface area contributed by atoms with Gasteiger partial charge in [-0.05, 0) is 12.1 Å². The predicted octanol–water partition coefficient (Wildman–Crippen LogP) is -0.0297. The van der Waals surface area contributed by atoms with Crippen LogP contribution in [-0.4, -0.2) is 40.3 Å². The number of rotatable bonds is 6. The van der Waals surface area contributed by atoms with Crippen molar-refractivity contribution in [2.24, 2.45) is 5.73 Å². The van der Waals surface area contributed by atoms with Crippen LogP contribution in [0.3, 0.4) is 0 Å². The molecular formula is C11H17N3O4S. The highest BCUT2D eigenvalue weighted by molar-refractivity contribution is 7.92. The molecule has 1 atom stereocenters. The summed E-state index contributed by atoms with van der Waals surface area (Å²) in [6.45, 7) is 0.0318. The number of anilines is 2. The van der Waals surface area contributed by atoms with Gasteiger partial charge in [0.15, 0.2) is 0 Å². The molecule has 0 aliphatic heterocycles. The van der Waals surface area contributed by atoms with Crippen LogP contribution in [0.15, 0.2) is 24.3 Å². The topological polar surface area (TPSA) is 111 Å². The maximum Gasteiger partial charge on any atom is 0.254 e. The molecule has 0 saturated carbocycles. The molecule has 19 heavy (non-hydrogen) atoms. The molecule has 0 saturated heterocycles.